The molecule has 0 bridgehead atoms. The van der Waals surface area contributed by atoms with Crippen LogP contribution in [0.3, 0.4) is 0 Å². The third kappa shape index (κ3) is 3.10. The van der Waals surface area contributed by atoms with Crippen molar-refractivity contribution in [2.24, 2.45) is 0 Å². The first kappa shape index (κ1) is 12.2. The van der Waals surface area contributed by atoms with Crippen LogP contribution in [0.4, 0.5) is 5.13 Å². The molecule has 0 aliphatic carbocycles. The number of nitrogen functional groups attached to an aromatic ring is 1. The highest BCUT2D eigenvalue weighted by Crippen LogP contribution is 2.37. The number of thioether (sulfide) groups is 1. The normalized spacial score (nSPS) is 12.4. The summed E-state index contributed by atoms with van der Waals surface area (Å²) in [6.45, 7) is 2.12. The van der Waals surface area contributed by atoms with Crippen LogP contribution in [0, 0.1) is 0 Å². The van der Waals surface area contributed by atoms with Crippen molar-refractivity contribution in [3.63, 3.8) is 0 Å². The molecule has 0 amide bonds. The predicted molar refractivity (Wildman–Crippen MR) is 71.6 cm³/mol. The average Bonchev–Trinajstić information content (AvgIpc) is 2.75. The van der Waals surface area contributed by atoms with Gasteiger partial charge < -0.3 is 10.5 Å². The number of aromatic nitrogens is 2. The molecule has 4 nitrogen and oxygen atoms in total. The van der Waals surface area contributed by atoms with E-state index in [1.54, 1.807) is 18.9 Å². The summed E-state index contributed by atoms with van der Waals surface area (Å²) in [5.41, 5.74) is 6.75. The maximum atomic E-state index is 5.55. The topological polar surface area (TPSA) is 61.0 Å². The van der Waals surface area contributed by atoms with Crippen LogP contribution < -0.4 is 10.5 Å². The average molecular weight is 267 g/mol. The summed E-state index contributed by atoms with van der Waals surface area (Å²) in [5.74, 6) is 0.867. The second-order valence-electron chi connectivity index (χ2n) is 3.44. The van der Waals surface area contributed by atoms with Crippen LogP contribution in [0.5, 0.6) is 5.75 Å². The Balaban J connectivity index is 2.11. The second kappa shape index (κ2) is 5.37. The van der Waals surface area contributed by atoms with Gasteiger partial charge in [-0.2, -0.15) is 0 Å². The zero-order valence-corrected chi connectivity index (χ0v) is 11.2. The lowest BCUT2D eigenvalue weighted by molar-refractivity contribution is 0.414. The molecule has 0 aliphatic rings. The molecule has 1 aromatic carbocycles. The fourth-order valence-corrected chi connectivity index (χ4v) is 3.28. The Morgan fingerprint density at radius 3 is 2.88 bits per heavy atom. The van der Waals surface area contributed by atoms with E-state index in [2.05, 4.69) is 23.2 Å². The van der Waals surface area contributed by atoms with Gasteiger partial charge in [0.25, 0.3) is 0 Å². The van der Waals surface area contributed by atoms with E-state index >= 15 is 0 Å². The lowest BCUT2D eigenvalue weighted by Crippen LogP contribution is -1.90. The lowest BCUT2D eigenvalue weighted by atomic mass is 10.1. The van der Waals surface area contributed by atoms with E-state index in [1.165, 1.54) is 16.9 Å². The molecule has 0 radical (unpaired) electrons. The molecule has 0 saturated carbocycles. The Bertz CT molecular complexity index is 501. The number of nitrogens with two attached hydrogens (primary N) is 1. The minimum atomic E-state index is 0.289. The van der Waals surface area contributed by atoms with Gasteiger partial charge in [-0.3, -0.25) is 0 Å². The Morgan fingerprint density at radius 2 is 2.24 bits per heavy atom. The second-order valence-corrected chi connectivity index (χ2v) is 6.04. The van der Waals surface area contributed by atoms with Gasteiger partial charge in [0.1, 0.15) is 5.75 Å². The van der Waals surface area contributed by atoms with Crippen molar-refractivity contribution in [3.05, 3.63) is 29.8 Å². The maximum absolute atomic E-state index is 5.55. The minimum Gasteiger partial charge on any atom is -0.497 e. The van der Waals surface area contributed by atoms with E-state index in [4.69, 9.17) is 10.5 Å². The molecule has 2 rings (SSSR count). The van der Waals surface area contributed by atoms with Crippen LogP contribution in [0.2, 0.25) is 0 Å². The number of rotatable bonds is 4. The Labute approximate surface area is 108 Å². The number of benzene rings is 1. The van der Waals surface area contributed by atoms with Gasteiger partial charge in [-0.25, -0.2) is 0 Å². The van der Waals surface area contributed by atoms with Gasteiger partial charge in [-0.1, -0.05) is 35.2 Å². The molecule has 0 aliphatic heterocycles. The molecule has 0 spiro atoms. The maximum Gasteiger partial charge on any atom is 0.203 e. The van der Waals surface area contributed by atoms with Crippen molar-refractivity contribution >= 4 is 28.2 Å². The number of nitrogens with zero attached hydrogens (tertiary/aromatic N) is 2. The van der Waals surface area contributed by atoms with E-state index in [9.17, 15) is 0 Å². The van der Waals surface area contributed by atoms with E-state index in [-0.39, 0.29) is 5.25 Å². The van der Waals surface area contributed by atoms with E-state index in [0.29, 0.717) is 5.13 Å². The molecule has 17 heavy (non-hydrogen) atoms. The molecule has 6 heteroatoms. The third-order valence-electron chi connectivity index (χ3n) is 2.26. The molecule has 1 unspecified atom stereocenters. The van der Waals surface area contributed by atoms with Crippen LogP contribution in [0.25, 0.3) is 0 Å². The zero-order valence-electron chi connectivity index (χ0n) is 9.58. The van der Waals surface area contributed by atoms with Gasteiger partial charge in [0.2, 0.25) is 5.13 Å². The lowest BCUT2D eigenvalue weighted by Gasteiger charge is -2.10. The minimum absolute atomic E-state index is 0.289. The standard InChI is InChI=1S/C11H13N3OS2/c1-7(16-11-14-13-10(12)17-11)8-4-3-5-9(6-8)15-2/h3-7H,1-2H3,(H2,12,13). The predicted octanol–water partition coefficient (Wildman–Crippen LogP) is 2.98. The van der Waals surface area contributed by atoms with Crippen molar-refractivity contribution in [2.45, 2.75) is 16.5 Å². The van der Waals surface area contributed by atoms with Gasteiger partial charge in [0.05, 0.1) is 7.11 Å². The highest BCUT2D eigenvalue weighted by atomic mass is 32.2. The number of ether oxygens (including phenoxy) is 1. The van der Waals surface area contributed by atoms with Gasteiger partial charge in [0, 0.05) is 5.25 Å². The zero-order chi connectivity index (χ0) is 12.3. The molecule has 1 aromatic heterocycles. The summed E-state index contributed by atoms with van der Waals surface area (Å²) < 4.78 is 6.09. The van der Waals surface area contributed by atoms with Crippen LogP contribution in [-0.2, 0) is 0 Å². The summed E-state index contributed by atoms with van der Waals surface area (Å²) in [6.07, 6.45) is 0. The van der Waals surface area contributed by atoms with Crippen molar-refractivity contribution in [3.8, 4) is 5.75 Å². The van der Waals surface area contributed by atoms with Crippen LogP contribution in [0.15, 0.2) is 28.6 Å². The first-order chi connectivity index (χ1) is 8.19. The van der Waals surface area contributed by atoms with Crippen molar-refractivity contribution in [1.82, 2.24) is 10.2 Å². The van der Waals surface area contributed by atoms with Crippen LogP contribution in [-0.4, -0.2) is 17.3 Å². The summed E-state index contributed by atoms with van der Waals surface area (Å²) >= 11 is 3.05. The highest BCUT2D eigenvalue weighted by Gasteiger charge is 2.11. The molecular weight excluding hydrogens is 254 g/mol. The molecule has 1 atom stereocenters. The van der Waals surface area contributed by atoms with E-state index in [0.717, 1.165) is 10.1 Å². The fraction of sp³-hybridized carbons (Fsp3) is 0.273. The molecule has 0 saturated heterocycles. The Kier molecular flexibility index (Phi) is 3.86. The van der Waals surface area contributed by atoms with Crippen molar-refractivity contribution in [1.29, 1.82) is 0 Å². The smallest absolute Gasteiger partial charge is 0.203 e. The molecule has 2 N–H and O–H groups in total. The quantitative estimate of drug-likeness (QED) is 0.863. The number of anilines is 1. The highest BCUT2D eigenvalue weighted by molar-refractivity contribution is 8.01. The SMILES string of the molecule is COc1cccc(C(C)Sc2nnc(N)s2)c1. The fourth-order valence-electron chi connectivity index (χ4n) is 1.38. The number of methoxy groups -OCH3 is 1. The number of hydrogen-bond donors (Lipinski definition) is 1. The van der Waals surface area contributed by atoms with Gasteiger partial charge in [-0.15, -0.1) is 10.2 Å². The number of hydrogen-bond acceptors (Lipinski definition) is 6. The first-order valence-electron chi connectivity index (χ1n) is 5.08. The van der Waals surface area contributed by atoms with Gasteiger partial charge in [-0.05, 0) is 24.6 Å². The Hall–Kier alpha value is -1.27. The monoisotopic (exact) mass is 267 g/mol. The summed E-state index contributed by atoms with van der Waals surface area (Å²) in [6, 6.07) is 8.02. The molecule has 90 valence electrons. The van der Waals surface area contributed by atoms with Crippen molar-refractivity contribution in [2.75, 3.05) is 12.8 Å². The van der Waals surface area contributed by atoms with Gasteiger partial charge in [0.15, 0.2) is 4.34 Å². The van der Waals surface area contributed by atoms with E-state index in [1.807, 2.05) is 18.2 Å². The van der Waals surface area contributed by atoms with Crippen molar-refractivity contribution < 1.29 is 4.74 Å². The first-order valence-corrected chi connectivity index (χ1v) is 6.78. The third-order valence-corrected chi connectivity index (χ3v) is 4.26. The Morgan fingerprint density at radius 1 is 1.41 bits per heavy atom. The van der Waals surface area contributed by atoms with Gasteiger partial charge >= 0.3 is 0 Å². The summed E-state index contributed by atoms with van der Waals surface area (Å²) in [4.78, 5) is 0. The largest absolute Gasteiger partial charge is 0.497 e. The molecule has 2 aromatic rings. The molecule has 0 fully saturated rings. The van der Waals surface area contributed by atoms with Crippen LogP contribution >= 0.6 is 23.1 Å². The molecular formula is C11H13N3OS2. The van der Waals surface area contributed by atoms with E-state index < -0.39 is 0 Å². The summed E-state index contributed by atoms with van der Waals surface area (Å²) in [7, 11) is 1.67. The molecule has 1 heterocycles. The summed E-state index contributed by atoms with van der Waals surface area (Å²) in [5, 5.41) is 8.59. The van der Waals surface area contributed by atoms with Crippen LogP contribution in [0.1, 0.15) is 17.7 Å².